The van der Waals surface area contributed by atoms with Crippen molar-refractivity contribution in [2.24, 2.45) is 5.92 Å². The molecular weight excluding hydrogens is 248 g/mol. The van der Waals surface area contributed by atoms with E-state index in [2.05, 4.69) is 0 Å². The largest absolute Gasteiger partial charge is 0.481 e. The lowest BCUT2D eigenvalue weighted by Crippen LogP contribution is -2.51. The second-order valence-electron chi connectivity index (χ2n) is 5.33. The molecule has 108 valence electrons. The van der Waals surface area contributed by atoms with E-state index >= 15 is 0 Å². The molecule has 0 aromatic carbocycles. The van der Waals surface area contributed by atoms with Gasteiger partial charge in [0.15, 0.2) is 0 Å². The quantitative estimate of drug-likeness (QED) is 0.813. The van der Waals surface area contributed by atoms with Gasteiger partial charge < -0.3 is 19.6 Å². The number of likely N-dealkylation sites (tertiary alicyclic amines) is 2. The highest BCUT2D eigenvalue weighted by molar-refractivity contribution is 5.76. The predicted molar refractivity (Wildman–Crippen MR) is 68.9 cm³/mol. The first kappa shape index (κ1) is 14.1. The molecule has 2 aliphatic heterocycles. The summed E-state index contributed by atoms with van der Waals surface area (Å²) in [4.78, 5) is 26.9. The standard InChI is InChI=1S/C13H22N2O4/c1-19-11-4-7-14(8-5-11)13(18)15-6-2-3-10(9-15)12(16)17/h10-11H,2-9H2,1H3,(H,16,17)/t10-/m1/s1. The van der Waals surface area contributed by atoms with Gasteiger partial charge in [-0.1, -0.05) is 0 Å². The molecule has 0 bridgehead atoms. The molecule has 0 aliphatic carbocycles. The molecule has 2 aliphatic rings. The minimum atomic E-state index is -0.796. The minimum absolute atomic E-state index is 0.0134. The summed E-state index contributed by atoms with van der Waals surface area (Å²) in [5, 5.41) is 9.05. The monoisotopic (exact) mass is 270 g/mol. The maximum atomic E-state index is 12.3. The Labute approximate surface area is 113 Å². The van der Waals surface area contributed by atoms with Crippen molar-refractivity contribution in [3.05, 3.63) is 0 Å². The van der Waals surface area contributed by atoms with Crippen LogP contribution in [-0.2, 0) is 9.53 Å². The molecule has 2 fully saturated rings. The summed E-state index contributed by atoms with van der Waals surface area (Å²) in [6.07, 6.45) is 3.41. The number of carboxylic acids is 1. The fourth-order valence-electron chi connectivity index (χ4n) is 2.84. The van der Waals surface area contributed by atoms with E-state index in [1.54, 1.807) is 12.0 Å². The van der Waals surface area contributed by atoms with Gasteiger partial charge in [0.2, 0.25) is 0 Å². The first-order valence-electron chi connectivity index (χ1n) is 6.91. The summed E-state index contributed by atoms with van der Waals surface area (Å²) in [6.45, 7) is 2.42. The van der Waals surface area contributed by atoms with Gasteiger partial charge in [-0.05, 0) is 25.7 Å². The lowest BCUT2D eigenvalue weighted by molar-refractivity contribution is -0.143. The van der Waals surface area contributed by atoms with Crippen molar-refractivity contribution in [1.29, 1.82) is 0 Å². The van der Waals surface area contributed by atoms with Crippen LogP contribution in [0.15, 0.2) is 0 Å². The van der Waals surface area contributed by atoms with E-state index in [9.17, 15) is 9.59 Å². The van der Waals surface area contributed by atoms with E-state index in [1.807, 2.05) is 4.90 Å². The Kier molecular flexibility index (Phi) is 4.63. The molecule has 0 unspecified atom stereocenters. The third kappa shape index (κ3) is 3.37. The van der Waals surface area contributed by atoms with E-state index < -0.39 is 11.9 Å². The Hall–Kier alpha value is -1.30. The van der Waals surface area contributed by atoms with Gasteiger partial charge in [-0.3, -0.25) is 4.79 Å². The summed E-state index contributed by atoms with van der Waals surface area (Å²) in [5.74, 6) is -1.20. The van der Waals surface area contributed by atoms with E-state index in [1.165, 1.54) is 0 Å². The fraction of sp³-hybridized carbons (Fsp3) is 0.846. The number of piperidine rings is 2. The summed E-state index contributed by atoms with van der Waals surface area (Å²) >= 11 is 0. The average molecular weight is 270 g/mol. The molecule has 1 N–H and O–H groups in total. The molecule has 19 heavy (non-hydrogen) atoms. The number of carbonyl (C=O) groups excluding carboxylic acids is 1. The first-order valence-corrected chi connectivity index (χ1v) is 6.91. The molecular formula is C13H22N2O4. The Morgan fingerprint density at radius 3 is 2.37 bits per heavy atom. The van der Waals surface area contributed by atoms with E-state index in [4.69, 9.17) is 9.84 Å². The SMILES string of the molecule is COC1CCN(C(=O)N2CCC[C@@H](C(=O)O)C2)CC1. The summed E-state index contributed by atoms with van der Waals surface area (Å²) in [6, 6.07) is -0.0134. The second kappa shape index (κ2) is 6.23. The zero-order valence-corrected chi connectivity index (χ0v) is 11.4. The molecule has 0 saturated carbocycles. The smallest absolute Gasteiger partial charge is 0.320 e. The molecule has 6 heteroatoms. The van der Waals surface area contributed by atoms with Gasteiger partial charge in [-0.25, -0.2) is 4.79 Å². The third-order valence-electron chi connectivity index (χ3n) is 4.09. The lowest BCUT2D eigenvalue weighted by Gasteiger charge is -2.38. The van der Waals surface area contributed by atoms with Crippen molar-refractivity contribution < 1.29 is 19.4 Å². The van der Waals surface area contributed by atoms with Crippen LogP contribution in [0.5, 0.6) is 0 Å². The van der Waals surface area contributed by atoms with Crippen LogP contribution in [0.1, 0.15) is 25.7 Å². The zero-order chi connectivity index (χ0) is 13.8. The van der Waals surface area contributed by atoms with Crippen molar-refractivity contribution >= 4 is 12.0 Å². The Bertz CT molecular complexity index is 340. The predicted octanol–water partition coefficient (Wildman–Crippen LogP) is 1.01. The Balaban J connectivity index is 1.87. The van der Waals surface area contributed by atoms with Crippen LogP contribution < -0.4 is 0 Å². The highest BCUT2D eigenvalue weighted by Gasteiger charge is 2.31. The number of urea groups is 1. The number of nitrogens with zero attached hydrogens (tertiary/aromatic N) is 2. The molecule has 0 radical (unpaired) electrons. The minimum Gasteiger partial charge on any atom is -0.481 e. The molecule has 2 saturated heterocycles. The van der Waals surface area contributed by atoms with Gasteiger partial charge in [0.05, 0.1) is 12.0 Å². The summed E-state index contributed by atoms with van der Waals surface area (Å²) in [7, 11) is 1.70. The maximum Gasteiger partial charge on any atom is 0.320 e. The highest BCUT2D eigenvalue weighted by atomic mass is 16.5. The number of ether oxygens (including phenoxy) is 1. The molecule has 1 atom stereocenters. The van der Waals surface area contributed by atoms with Gasteiger partial charge in [-0.2, -0.15) is 0 Å². The topological polar surface area (TPSA) is 70.1 Å². The number of carbonyl (C=O) groups is 2. The normalized spacial score (nSPS) is 25.4. The van der Waals surface area contributed by atoms with Gasteiger partial charge in [0.25, 0.3) is 0 Å². The third-order valence-corrected chi connectivity index (χ3v) is 4.09. The molecule has 0 spiro atoms. The van der Waals surface area contributed by atoms with Crippen molar-refractivity contribution in [3.63, 3.8) is 0 Å². The van der Waals surface area contributed by atoms with Crippen LogP contribution in [-0.4, -0.2) is 66.3 Å². The van der Waals surface area contributed by atoms with Crippen molar-refractivity contribution in [3.8, 4) is 0 Å². The average Bonchev–Trinajstić information content (AvgIpc) is 2.46. The number of hydrogen-bond acceptors (Lipinski definition) is 3. The number of rotatable bonds is 2. The zero-order valence-electron chi connectivity index (χ0n) is 11.4. The molecule has 0 aromatic heterocycles. The summed E-state index contributed by atoms with van der Waals surface area (Å²) < 4.78 is 5.28. The van der Waals surface area contributed by atoms with E-state index in [0.29, 0.717) is 32.6 Å². The number of amides is 2. The van der Waals surface area contributed by atoms with Crippen LogP contribution >= 0.6 is 0 Å². The fourth-order valence-corrected chi connectivity index (χ4v) is 2.84. The maximum absolute atomic E-state index is 12.3. The van der Waals surface area contributed by atoms with Gasteiger partial charge in [-0.15, -0.1) is 0 Å². The highest BCUT2D eigenvalue weighted by Crippen LogP contribution is 2.20. The van der Waals surface area contributed by atoms with Gasteiger partial charge in [0, 0.05) is 33.3 Å². The van der Waals surface area contributed by atoms with Crippen molar-refractivity contribution in [2.75, 3.05) is 33.3 Å². The molecule has 0 aromatic rings. The van der Waals surface area contributed by atoms with Gasteiger partial charge >= 0.3 is 12.0 Å². The lowest BCUT2D eigenvalue weighted by atomic mass is 9.98. The molecule has 2 rings (SSSR count). The van der Waals surface area contributed by atoms with E-state index in [0.717, 1.165) is 19.3 Å². The van der Waals surface area contributed by atoms with Crippen molar-refractivity contribution in [2.45, 2.75) is 31.8 Å². The van der Waals surface area contributed by atoms with Crippen LogP contribution in [0.2, 0.25) is 0 Å². The van der Waals surface area contributed by atoms with Crippen LogP contribution in [0.4, 0.5) is 4.79 Å². The summed E-state index contributed by atoms with van der Waals surface area (Å²) in [5.41, 5.74) is 0. The number of carboxylic acid groups (broad SMARTS) is 1. The van der Waals surface area contributed by atoms with Gasteiger partial charge in [0.1, 0.15) is 0 Å². The van der Waals surface area contributed by atoms with E-state index in [-0.39, 0.29) is 12.1 Å². The number of aliphatic carboxylic acids is 1. The van der Waals surface area contributed by atoms with Crippen LogP contribution in [0.3, 0.4) is 0 Å². The molecule has 2 heterocycles. The van der Waals surface area contributed by atoms with Crippen LogP contribution in [0, 0.1) is 5.92 Å². The number of methoxy groups -OCH3 is 1. The molecule has 2 amide bonds. The second-order valence-corrected chi connectivity index (χ2v) is 5.33. The Morgan fingerprint density at radius 1 is 1.11 bits per heavy atom. The molecule has 6 nitrogen and oxygen atoms in total. The van der Waals surface area contributed by atoms with Crippen molar-refractivity contribution in [1.82, 2.24) is 9.80 Å². The number of hydrogen-bond donors (Lipinski definition) is 1. The first-order chi connectivity index (χ1) is 9.11. The Morgan fingerprint density at radius 2 is 1.79 bits per heavy atom. The van der Waals surface area contributed by atoms with Crippen LogP contribution in [0.25, 0.3) is 0 Å².